The topological polar surface area (TPSA) is 64.4 Å². The summed E-state index contributed by atoms with van der Waals surface area (Å²) in [4.78, 5) is 12.3. The first-order valence-corrected chi connectivity index (χ1v) is 8.94. The maximum absolute atomic E-state index is 12.3. The van der Waals surface area contributed by atoms with Gasteiger partial charge in [-0.1, -0.05) is 38.1 Å². The molecule has 1 heterocycles. The fourth-order valence-corrected chi connectivity index (χ4v) is 3.23. The zero-order chi connectivity index (χ0) is 18.0. The summed E-state index contributed by atoms with van der Waals surface area (Å²) >= 11 is 0. The summed E-state index contributed by atoms with van der Waals surface area (Å²) in [5.74, 6) is 1.93. The van der Waals surface area contributed by atoms with Crippen LogP contribution in [0.2, 0.25) is 0 Å². The molecule has 0 saturated carbocycles. The van der Waals surface area contributed by atoms with Gasteiger partial charge in [-0.15, -0.1) is 0 Å². The molecular weight excluding hydrogens is 316 g/mol. The van der Waals surface area contributed by atoms with E-state index in [0.717, 1.165) is 47.4 Å². The first-order valence-electron chi connectivity index (χ1n) is 8.94. The van der Waals surface area contributed by atoms with Crippen LogP contribution in [-0.2, 0) is 17.6 Å². The molecule has 1 aromatic heterocycles. The minimum absolute atomic E-state index is 0.0474. The van der Waals surface area contributed by atoms with Crippen LogP contribution in [0, 0.1) is 12.8 Å². The van der Waals surface area contributed by atoms with Gasteiger partial charge < -0.3 is 9.26 Å². The number of benzene rings is 1. The predicted molar refractivity (Wildman–Crippen MR) is 97.1 cm³/mol. The third kappa shape index (κ3) is 4.03. The fourth-order valence-electron chi connectivity index (χ4n) is 3.23. The second-order valence-corrected chi connectivity index (χ2v) is 7.32. The average molecular weight is 342 g/mol. The van der Waals surface area contributed by atoms with Gasteiger partial charge in [0.25, 0.3) is 5.91 Å². The number of carbonyl (C=O) groups is 1. The Morgan fingerprint density at radius 2 is 2.24 bits per heavy atom. The normalized spacial score (nSPS) is 16.6. The van der Waals surface area contributed by atoms with Crippen LogP contribution in [0.3, 0.4) is 0 Å². The van der Waals surface area contributed by atoms with Crippen molar-refractivity contribution in [3.8, 4) is 5.75 Å². The molecule has 0 radical (unpaired) electrons. The van der Waals surface area contributed by atoms with E-state index in [2.05, 4.69) is 43.4 Å². The van der Waals surface area contributed by atoms with Gasteiger partial charge in [0.1, 0.15) is 5.75 Å². The van der Waals surface area contributed by atoms with Gasteiger partial charge in [-0.05, 0) is 55.2 Å². The average Bonchev–Trinajstić information content (AvgIpc) is 2.95. The summed E-state index contributed by atoms with van der Waals surface area (Å²) in [6.07, 6.45) is 2.92. The van der Waals surface area contributed by atoms with Crippen LogP contribution in [-0.4, -0.2) is 17.7 Å². The van der Waals surface area contributed by atoms with Crippen molar-refractivity contribution in [2.24, 2.45) is 5.92 Å². The summed E-state index contributed by atoms with van der Waals surface area (Å²) in [7, 11) is 0. The van der Waals surface area contributed by atoms with Crippen LogP contribution in [0.5, 0.6) is 5.75 Å². The maximum Gasteiger partial charge on any atom is 0.264 e. The molecule has 5 nitrogen and oxygen atoms in total. The van der Waals surface area contributed by atoms with Gasteiger partial charge in [-0.2, -0.15) is 0 Å². The number of aromatic nitrogens is 1. The highest BCUT2D eigenvalue weighted by Gasteiger charge is 2.24. The van der Waals surface area contributed by atoms with Gasteiger partial charge in [0.2, 0.25) is 5.88 Å². The Hall–Kier alpha value is -2.30. The molecule has 1 aliphatic carbocycles. The van der Waals surface area contributed by atoms with Crippen molar-refractivity contribution in [1.82, 2.24) is 5.16 Å². The van der Waals surface area contributed by atoms with Crippen LogP contribution >= 0.6 is 0 Å². The van der Waals surface area contributed by atoms with Gasteiger partial charge in [-0.25, -0.2) is 0 Å². The number of aryl methyl sites for hydroxylation is 2. The third-order valence-electron chi connectivity index (χ3n) is 4.70. The summed E-state index contributed by atoms with van der Waals surface area (Å²) in [5.41, 5.74) is 4.21. The monoisotopic (exact) mass is 342 g/mol. The molecule has 3 rings (SSSR count). The van der Waals surface area contributed by atoms with Crippen molar-refractivity contribution >= 4 is 11.8 Å². The Morgan fingerprint density at radius 3 is 3.00 bits per heavy atom. The lowest BCUT2D eigenvalue weighted by molar-refractivity contribution is -0.118. The van der Waals surface area contributed by atoms with Gasteiger partial charge in [0.15, 0.2) is 6.61 Å². The highest BCUT2D eigenvalue weighted by molar-refractivity contribution is 5.91. The largest absolute Gasteiger partial charge is 0.483 e. The molecule has 0 saturated heterocycles. The van der Waals surface area contributed by atoms with Crippen molar-refractivity contribution in [2.45, 2.75) is 52.9 Å². The zero-order valence-corrected chi connectivity index (χ0v) is 15.4. The predicted octanol–water partition coefficient (Wildman–Crippen LogP) is 4.25. The minimum atomic E-state index is -0.228. The first kappa shape index (κ1) is 17.5. The number of nitrogens with zero attached hydrogens (tertiary/aromatic N) is 1. The van der Waals surface area contributed by atoms with E-state index in [4.69, 9.17) is 9.26 Å². The van der Waals surface area contributed by atoms with Gasteiger partial charge >= 0.3 is 0 Å². The quantitative estimate of drug-likeness (QED) is 0.882. The number of rotatable bonds is 5. The van der Waals surface area contributed by atoms with E-state index >= 15 is 0 Å². The molecule has 1 atom stereocenters. The maximum atomic E-state index is 12.3. The minimum Gasteiger partial charge on any atom is -0.483 e. The number of ether oxygens (including phenoxy) is 1. The molecule has 1 aliphatic rings. The Labute approximate surface area is 148 Å². The van der Waals surface area contributed by atoms with Crippen LogP contribution in [0.25, 0.3) is 0 Å². The lowest BCUT2D eigenvalue weighted by Gasteiger charge is -2.17. The van der Waals surface area contributed by atoms with Crippen molar-refractivity contribution in [3.63, 3.8) is 0 Å². The molecule has 1 amide bonds. The molecular formula is C20H26N2O3. The summed E-state index contributed by atoms with van der Waals surface area (Å²) in [6, 6.07) is 6.09. The van der Waals surface area contributed by atoms with Crippen molar-refractivity contribution < 1.29 is 14.1 Å². The SMILES string of the molecule is Cc1ccc(C(C)C)c(OCC(=O)Nc2onc3c2CC(C)CC3)c1. The van der Waals surface area contributed by atoms with Crippen LogP contribution in [0.15, 0.2) is 22.7 Å². The zero-order valence-electron chi connectivity index (χ0n) is 15.4. The number of fused-ring (bicyclic) bond motifs is 1. The Kier molecular flexibility index (Phi) is 5.11. The van der Waals surface area contributed by atoms with E-state index < -0.39 is 0 Å². The Bertz CT molecular complexity index is 764. The van der Waals surface area contributed by atoms with E-state index in [9.17, 15) is 4.79 Å². The molecule has 1 N–H and O–H groups in total. The van der Waals surface area contributed by atoms with Gasteiger partial charge in [-0.3, -0.25) is 10.1 Å². The molecule has 0 aliphatic heterocycles. The third-order valence-corrected chi connectivity index (χ3v) is 4.70. The molecule has 134 valence electrons. The van der Waals surface area contributed by atoms with Gasteiger partial charge in [0, 0.05) is 5.56 Å². The Morgan fingerprint density at radius 1 is 1.44 bits per heavy atom. The molecule has 5 heteroatoms. The summed E-state index contributed by atoms with van der Waals surface area (Å²) in [6.45, 7) is 8.39. The lowest BCUT2D eigenvalue weighted by Crippen LogP contribution is -2.22. The van der Waals surface area contributed by atoms with E-state index in [0.29, 0.717) is 17.7 Å². The number of carbonyl (C=O) groups excluding carboxylic acids is 1. The number of anilines is 1. The number of hydrogen-bond donors (Lipinski definition) is 1. The van der Waals surface area contributed by atoms with E-state index in [1.165, 1.54) is 0 Å². The molecule has 1 unspecified atom stereocenters. The molecule has 2 aromatic rings. The van der Waals surface area contributed by atoms with Crippen LogP contribution in [0.1, 0.15) is 55.5 Å². The molecule has 25 heavy (non-hydrogen) atoms. The molecule has 1 aromatic carbocycles. The lowest BCUT2D eigenvalue weighted by atomic mass is 9.89. The number of hydrogen-bond acceptors (Lipinski definition) is 4. The second-order valence-electron chi connectivity index (χ2n) is 7.32. The molecule has 0 fully saturated rings. The summed E-state index contributed by atoms with van der Waals surface area (Å²) in [5, 5.41) is 6.89. The van der Waals surface area contributed by atoms with Crippen LogP contribution < -0.4 is 10.1 Å². The number of nitrogens with one attached hydrogen (secondary N) is 1. The smallest absolute Gasteiger partial charge is 0.264 e. The molecule has 0 bridgehead atoms. The van der Waals surface area contributed by atoms with E-state index in [-0.39, 0.29) is 12.5 Å². The Balaban J connectivity index is 1.65. The van der Waals surface area contributed by atoms with E-state index in [1.54, 1.807) is 0 Å². The first-order chi connectivity index (χ1) is 11.9. The van der Waals surface area contributed by atoms with Crippen molar-refractivity contribution in [1.29, 1.82) is 0 Å². The summed E-state index contributed by atoms with van der Waals surface area (Å²) < 4.78 is 11.1. The van der Waals surface area contributed by atoms with E-state index in [1.807, 2.05) is 13.0 Å². The highest BCUT2D eigenvalue weighted by atomic mass is 16.5. The molecule has 0 spiro atoms. The number of amides is 1. The van der Waals surface area contributed by atoms with Gasteiger partial charge in [0.05, 0.1) is 5.69 Å². The standard InChI is InChI=1S/C20H26N2O3/c1-12(2)15-7-5-14(4)10-18(15)24-11-19(23)21-20-16-9-13(3)6-8-17(16)22-25-20/h5,7,10,12-13H,6,8-9,11H2,1-4H3,(H,21,23). The fraction of sp³-hybridized carbons (Fsp3) is 0.500. The van der Waals surface area contributed by atoms with Crippen molar-refractivity contribution in [2.75, 3.05) is 11.9 Å². The second kappa shape index (κ2) is 7.30. The highest BCUT2D eigenvalue weighted by Crippen LogP contribution is 2.31. The van der Waals surface area contributed by atoms with Crippen LogP contribution in [0.4, 0.5) is 5.88 Å². The van der Waals surface area contributed by atoms with Crippen molar-refractivity contribution in [3.05, 3.63) is 40.6 Å².